The van der Waals surface area contributed by atoms with Crippen molar-refractivity contribution in [3.63, 3.8) is 0 Å². The summed E-state index contributed by atoms with van der Waals surface area (Å²) in [7, 11) is -3.77. The number of anilines is 1. The van der Waals surface area contributed by atoms with Crippen LogP contribution in [0.15, 0.2) is 52.3 Å². The standard InChI is InChI=1S/C14H12Cl2N2O3S/c15-12-5-4-11(7-13(12)16)22(20,21)10-3-1-2-9(6-10)18-14(19)8-17/h1-7H,8,17H2,(H,18,19). The van der Waals surface area contributed by atoms with Gasteiger partial charge in [-0.05, 0) is 36.4 Å². The van der Waals surface area contributed by atoms with Crippen molar-refractivity contribution in [3.8, 4) is 0 Å². The van der Waals surface area contributed by atoms with E-state index in [4.69, 9.17) is 28.9 Å². The molecule has 0 unspecified atom stereocenters. The van der Waals surface area contributed by atoms with Crippen molar-refractivity contribution in [2.75, 3.05) is 11.9 Å². The van der Waals surface area contributed by atoms with Crippen LogP contribution >= 0.6 is 23.2 Å². The van der Waals surface area contributed by atoms with Crippen molar-refractivity contribution in [2.24, 2.45) is 5.73 Å². The highest BCUT2D eigenvalue weighted by Gasteiger charge is 2.19. The molecule has 2 rings (SSSR count). The van der Waals surface area contributed by atoms with Crippen molar-refractivity contribution in [2.45, 2.75) is 9.79 Å². The Morgan fingerprint density at radius 3 is 2.36 bits per heavy atom. The molecule has 2 aromatic rings. The number of hydrogen-bond acceptors (Lipinski definition) is 4. The molecule has 0 aliphatic carbocycles. The molecule has 1 amide bonds. The van der Waals surface area contributed by atoms with E-state index in [2.05, 4.69) is 5.32 Å². The van der Waals surface area contributed by atoms with Crippen LogP contribution in [0, 0.1) is 0 Å². The highest BCUT2D eigenvalue weighted by Crippen LogP contribution is 2.29. The maximum atomic E-state index is 12.6. The molecule has 0 saturated carbocycles. The Balaban J connectivity index is 2.43. The molecule has 2 aromatic carbocycles. The number of carbonyl (C=O) groups excluding carboxylic acids is 1. The average molecular weight is 359 g/mol. The monoisotopic (exact) mass is 358 g/mol. The number of rotatable bonds is 4. The number of benzene rings is 2. The van der Waals surface area contributed by atoms with Gasteiger partial charge in [-0.15, -0.1) is 0 Å². The molecule has 22 heavy (non-hydrogen) atoms. The molecule has 5 nitrogen and oxygen atoms in total. The largest absolute Gasteiger partial charge is 0.325 e. The molecule has 0 aromatic heterocycles. The molecule has 0 aliphatic heterocycles. The van der Waals surface area contributed by atoms with Crippen LogP contribution in [-0.4, -0.2) is 20.9 Å². The summed E-state index contributed by atoms with van der Waals surface area (Å²) >= 11 is 11.6. The summed E-state index contributed by atoms with van der Waals surface area (Å²) in [5.74, 6) is -0.413. The third-order valence-corrected chi connectivity index (χ3v) is 5.30. The fraction of sp³-hybridized carbons (Fsp3) is 0.0714. The lowest BCUT2D eigenvalue weighted by Gasteiger charge is -2.08. The summed E-state index contributed by atoms with van der Waals surface area (Å²) in [5.41, 5.74) is 5.55. The minimum atomic E-state index is -3.77. The van der Waals surface area contributed by atoms with E-state index in [1.54, 1.807) is 6.07 Å². The van der Waals surface area contributed by atoms with Gasteiger partial charge in [0.15, 0.2) is 0 Å². The summed E-state index contributed by atoms with van der Waals surface area (Å²) in [6.45, 7) is -0.191. The Labute approximate surface area is 138 Å². The fourth-order valence-electron chi connectivity index (χ4n) is 1.73. The van der Waals surface area contributed by atoms with Crippen LogP contribution in [0.1, 0.15) is 0 Å². The lowest BCUT2D eigenvalue weighted by molar-refractivity contribution is -0.114. The maximum Gasteiger partial charge on any atom is 0.238 e. The van der Waals surface area contributed by atoms with Crippen molar-refractivity contribution in [1.82, 2.24) is 0 Å². The second-order valence-electron chi connectivity index (χ2n) is 4.36. The summed E-state index contributed by atoms with van der Waals surface area (Å²) in [5, 5.41) is 2.92. The zero-order valence-corrected chi connectivity index (χ0v) is 13.5. The van der Waals surface area contributed by atoms with Gasteiger partial charge in [0.25, 0.3) is 0 Å². The van der Waals surface area contributed by atoms with E-state index in [-0.39, 0.29) is 26.4 Å². The Kier molecular flexibility index (Phi) is 5.08. The van der Waals surface area contributed by atoms with E-state index in [9.17, 15) is 13.2 Å². The molecule has 0 heterocycles. The van der Waals surface area contributed by atoms with Crippen LogP contribution in [0.2, 0.25) is 10.0 Å². The molecule has 8 heteroatoms. The first-order valence-corrected chi connectivity index (χ1v) is 8.38. The second-order valence-corrected chi connectivity index (χ2v) is 7.12. The number of hydrogen-bond donors (Lipinski definition) is 2. The smallest absolute Gasteiger partial charge is 0.238 e. The second kappa shape index (κ2) is 6.66. The van der Waals surface area contributed by atoms with Crippen LogP contribution in [0.5, 0.6) is 0 Å². The van der Waals surface area contributed by atoms with Crippen molar-refractivity contribution in [3.05, 3.63) is 52.5 Å². The Morgan fingerprint density at radius 1 is 1.05 bits per heavy atom. The Hall–Kier alpha value is -1.60. The van der Waals surface area contributed by atoms with E-state index in [1.807, 2.05) is 0 Å². The molecule has 116 valence electrons. The van der Waals surface area contributed by atoms with E-state index >= 15 is 0 Å². The third-order valence-electron chi connectivity index (χ3n) is 2.81. The van der Waals surface area contributed by atoms with Gasteiger partial charge in [0.1, 0.15) is 0 Å². The van der Waals surface area contributed by atoms with Crippen LogP contribution in [0.4, 0.5) is 5.69 Å². The summed E-state index contributed by atoms with van der Waals surface area (Å²) in [6, 6.07) is 9.94. The van der Waals surface area contributed by atoms with Crippen LogP contribution in [0.3, 0.4) is 0 Å². The van der Waals surface area contributed by atoms with E-state index in [1.165, 1.54) is 36.4 Å². The molecular weight excluding hydrogens is 347 g/mol. The first-order chi connectivity index (χ1) is 10.3. The minimum Gasteiger partial charge on any atom is -0.325 e. The fourth-order valence-corrected chi connectivity index (χ4v) is 3.43. The van der Waals surface area contributed by atoms with Gasteiger partial charge in [-0.2, -0.15) is 0 Å². The molecule has 0 atom stereocenters. The van der Waals surface area contributed by atoms with Gasteiger partial charge in [0, 0.05) is 5.69 Å². The molecule has 0 radical (unpaired) electrons. The average Bonchev–Trinajstić information content (AvgIpc) is 2.50. The van der Waals surface area contributed by atoms with Gasteiger partial charge in [0.2, 0.25) is 15.7 Å². The quantitative estimate of drug-likeness (QED) is 0.879. The lowest BCUT2D eigenvalue weighted by Crippen LogP contribution is -2.21. The van der Waals surface area contributed by atoms with Crippen LogP contribution in [-0.2, 0) is 14.6 Å². The van der Waals surface area contributed by atoms with Crippen molar-refractivity contribution in [1.29, 1.82) is 0 Å². The maximum absolute atomic E-state index is 12.6. The van der Waals surface area contributed by atoms with E-state index < -0.39 is 15.7 Å². The molecule has 0 saturated heterocycles. The molecular formula is C14H12Cl2N2O3S. The summed E-state index contributed by atoms with van der Waals surface area (Å²) in [4.78, 5) is 11.3. The highest BCUT2D eigenvalue weighted by molar-refractivity contribution is 7.91. The summed E-state index contributed by atoms with van der Waals surface area (Å²) in [6.07, 6.45) is 0. The number of carbonyl (C=O) groups is 1. The molecule has 0 aliphatic rings. The normalized spacial score (nSPS) is 11.2. The predicted molar refractivity (Wildman–Crippen MR) is 86.0 cm³/mol. The van der Waals surface area contributed by atoms with E-state index in [0.29, 0.717) is 5.69 Å². The van der Waals surface area contributed by atoms with E-state index in [0.717, 1.165) is 0 Å². The van der Waals surface area contributed by atoms with Gasteiger partial charge in [0.05, 0.1) is 26.4 Å². The number of amides is 1. The first kappa shape index (κ1) is 16.8. The first-order valence-electron chi connectivity index (χ1n) is 6.14. The number of halogens is 2. The van der Waals surface area contributed by atoms with Gasteiger partial charge in [-0.25, -0.2) is 8.42 Å². The number of nitrogens with two attached hydrogens (primary N) is 1. The van der Waals surface area contributed by atoms with Gasteiger partial charge in [-0.3, -0.25) is 4.79 Å². The molecule has 0 spiro atoms. The minimum absolute atomic E-state index is 0.0178. The number of nitrogens with one attached hydrogen (secondary N) is 1. The van der Waals surface area contributed by atoms with Crippen molar-refractivity contribution >= 4 is 44.6 Å². The topological polar surface area (TPSA) is 89.3 Å². The molecule has 0 bridgehead atoms. The van der Waals surface area contributed by atoms with Crippen LogP contribution in [0.25, 0.3) is 0 Å². The Morgan fingerprint density at radius 2 is 1.73 bits per heavy atom. The summed E-state index contributed by atoms with van der Waals surface area (Å²) < 4.78 is 25.1. The predicted octanol–water partition coefficient (Wildman–Crippen LogP) is 2.72. The van der Waals surface area contributed by atoms with Crippen molar-refractivity contribution < 1.29 is 13.2 Å². The molecule has 0 fully saturated rings. The van der Waals surface area contributed by atoms with Gasteiger partial charge < -0.3 is 11.1 Å². The van der Waals surface area contributed by atoms with Crippen LogP contribution < -0.4 is 11.1 Å². The SMILES string of the molecule is NCC(=O)Nc1cccc(S(=O)(=O)c2ccc(Cl)c(Cl)c2)c1. The third kappa shape index (κ3) is 3.59. The highest BCUT2D eigenvalue weighted by atomic mass is 35.5. The number of sulfone groups is 1. The Bertz CT molecular complexity index is 823. The van der Waals surface area contributed by atoms with Gasteiger partial charge in [-0.1, -0.05) is 29.3 Å². The zero-order chi connectivity index (χ0) is 16.3. The molecule has 3 N–H and O–H groups in total. The zero-order valence-electron chi connectivity index (χ0n) is 11.2. The van der Waals surface area contributed by atoms with Gasteiger partial charge >= 0.3 is 0 Å². The lowest BCUT2D eigenvalue weighted by atomic mass is 10.3.